The van der Waals surface area contributed by atoms with E-state index in [1.807, 2.05) is 48.5 Å². The lowest BCUT2D eigenvalue weighted by atomic mass is 9.96. The van der Waals surface area contributed by atoms with Crippen LogP contribution in [0.5, 0.6) is 0 Å². The Hall–Kier alpha value is -2.60. The van der Waals surface area contributed by atoms with Gasteiger partial charge >= 0.3 is 5.97 Å². The predicted molar refractivity (Wildman–Crippen MR) is 94.5 cm³/mol. The number of hydrogen-bond acceptors (Lipinski definition) is 4. The average molecular weight is 353 g/mol. The summed E-state index contributed by atoms with van der Waals surface area (Å²) in [5.74, 6) is -1.55. The number of benzene rings is 2. The standard InChI is InChI=1S/C19H15NO4S/c21-17(22)9-16-18(23)20(19(24)25-16)10-15-13-7-3-1-5-11(13)12-6-2-4-8-14(12)15/h1-8,15-16H,9-10H2,(H,21,22). The average Bonchev–Trinajstić information content (AvgIpc) is 3.05. The molecule has 1 aliphatic heterocycles. The summed E-state index contributed by atoms with van der Waals surface area (Å²) in [5.41, 5.74) is 4.43. The van der Waals surface area contributed by atoms with Crippen LogP contribution in [0.15, 0.2) is 48.5 Å². The van der Waals surface area contributed by atoms with Crippen LogP contribution in [0.2, 0.25) is 0 Å². The van der Waals surface area contributed by atoms with Crippen molar-refractivity contribution < 1.29 is 19.5 Å². The molecule has 1 fully saturated rings. The monoisotopic (exact) mass is 353 g/mol. The highest BCUT2D eigenvalue weighted by atomic mass is 32.2. The van der Waals surface area contributed by atoms with Gasteiger partial charge in [-0.25, -0.2) is 0 Å². The van der Waals surface area contributed by atoms with Gasteiger partial charge in [0.1, 0.15) is 5.25 Å². The zero-order valence-corrected chi connectivity index (χ0v) is 14.0. The van der Waals surface area contributed by atoms with E-state index in [0.717, 1.165) is 34.0 Å². The largest absolute Gasteiger partial charge is 0.481 e. The Morgan fingerprint density at radius 2 is 1.56 bits per heavy atom. The molecule has 1 N–H and O–H groups in total. The fourth-order valence-corrected chi connectivity index (χ4v) is 4.58. The van der Waals surface area contributed by atoms with Crippen LogP contribution in [0.1, 0.15) is 23.5 Å². The van der Waals surface area contributed by atoms with E-state index in [1.165, 1.54) is 4.90 Å². The minimum atomic E-state index is -1.07. The number of fused-ring (bicyclic) bond motifs is 3. The van der Waals surface area contributed by atoms with Crippen LogP contribution in [-0.2, 0) is 9.59 Å². The zero-order chi connectivity index (χ0) is 17.6. The van der Waals surface area contributed by atoms with Gasteiger partial charge in [0.05, 0.1) is 6.42 Å². The number of carboxylic acids is 1. The van der Waals surface area contributed by atoms with Gasteiger partial charge in [-0.1, -0.05) is 60.3 Å². The summed E-state index contributed by atoms with van der Waals surface area (Å²) >= 11 is 0.813. The van der Waals surface area contributed by atoms with Crippen LogP contribution in [-0.4, -0.2) is 38.9 Å². The molecule has 1 aliphatic carbocycles. The summed E-state index contributed by atoms with van der Waals surface area (Å²) in [6, 6.07) is 16.0. The lowest BCUT2D eigenvalue weighted by Crippen LogP contribution is -2.35. The quantitative estimate of drug-likeness (QED) is 0.912. The number of hydrogen-bond donors (Lipinski definition) is 1. The summed E-state index contributed by atoms with van der Waals surface area (Å²) in [7, 11) is 0. The number of aliphatic carboxylic acids is 1. The van der Waals surface area contributed by atoms with Crippen LogP contribution in [0.3, 0.4) is 0 Å². The van der Waals surface area contributed by atoms with Gasteiger partial charge in [-0.05, 0) is 22.3 Å². The second-order valence-corrected chi connectivity index (χ2v) is 7.30. The second kappa shape index (κ2) is 6.04. The van der Waals surface area contributed by atoms with Crippen molar-refractivity contribution >= 4 is 28.9 Å². The van der Waals surface area contributed by atoms with Crippen molar-refractivity contribution in [1.82, 2.24) is 4.90 Å². The Morgan fingerprint density at radius 3 is 2.12 bits per heavy atom. The molecular formula is C19H15NO4S. The summed E-state index contributed by atoms with van der Waals surface area (Å²) in [6.07, 6.45) is -0.330. The molecule has 5 nitrogen and oxygen atoms in total. The Morgan fingerprint density at radius 1 is 1.00 bits per heavy atom. The molecule has 4 rings (SSSR count). The maximum Gasteiger partial charge on any atom is 0.305 e. The third-order valence-corrected chi connectivity index (χ3v) is 5.77. The van der Waals surface area contributed by atoms with E-state index < -0.39 is 17.1 Å². The molecule has 1 heterocycles. The normalized spacial score (nSPS) is 19.2. The molecule has 2 aromatic rings. The van der Waals surface area contributed by atoms with Gasteiger partial charge in [0.2, 0.25) is 5.91 Å². The molecule has 0 spiro atoms. The smallest absolute Gasteiger partial charge is 0.305 e. The van der Waals surface area contributed by atoms with Crippen molar-refractivity contribution in [2.75, 3.05) is 6.54 Å². The molecule has 1 unspecified atom stereocenters. The molecule has 0 saturated carbocycles. The van der Waals surface area contributed by atoms with Gasteiger partial charge in [0.15, 0.2) is 0 Å². The molecule has 126 valence electrons. The number of rotatable bonds is 4. The summed E-state index contributed by atoms with van der Waals surface area (Å²) < 4.78 is 0. The molecule has 1 saturated heterocycles. The molecule has 25 heavy (non-hydrogen) atoms. The molecule has 0 aromatic heterocycles. The highest BCUT2D eigenvalue weighted by Crippen LogP contribution is 2.45. The van der Waals surface area contributed by atoms with Crippen LogP contribution in [0.25, 0.3) is 11.1 Å². The first-order chi connectivity index (χ1) is 12.1. The van der Waals surface area contributed by atoms with E-state index >= 15 is 0 Å². The minimum absolute atomic E-state index is 0.0792. The fourth-order valence-electron chi connectivity index (χ4n) is 3.59. The highest BCUT2D eigenvalue weighted by Gasteiger charge is 2.43. The van der Waals surface area contributed by atoms with E-state index in [2.05, 4.69) is 0 Å². The molecular weight excluding hydrogens is 338 g/mol. The maximum absolute atomic E-state index is 12.5. The highest BCUT2D eigenvalue weighted by molar-refractivity contribution is 8.15. The predicted octanol–water partition coefficient (Wildman–Crippen LogP) is 3.34. The summed E-state index contributed by atoms with van der Waals surface area (Å²) in [4.78, 5) is 36.8. The Bertz CT molecular complexity index is 849. The third kappa shape index (κ3) is 2.62. The lowest BCUT2D eigenvalue weighted by molar-refractivity contribution is -0.139. The topological polar surface area (TPSA) is 74.7 Å². The Labute approximate surface area is 148 Å². The van der Waals surface area contributed by atoms with E-state index in [4.69, 9.17) is 5.11 Å². The molecule has 0 bridgehead atoms. The van der Waals surface area contributed by atoms with Crippen molar-refractivity contribution in [3.63, 3.8) is 0 Å². The van der Waals surface area contributed by atoms with Crippen LogP contribution in [0.4, 0.5) is 4.79 Å². The van der Waals surface area contributed by atoms with E-state index in [1.54, 1.807) is 0 Å². The Kier molecular flexibility index (Phi) is 3.84. The van der Waals surface area contributed by atoms with Gasteiger partial charge in [-0.15, -0.1) is 0 Å². The number of carboxylic acid groups (broad SMARTS) is 1. The number of thioether (sulfide) groups is 1. The molecule has 1 atom stereocenters. The van der Waals surface area contributed by atoms with Gasteiger partial charge in [0, 0.05) is 12.5 Å². The molecule has 0 radical (unpaired) electrons. The zero-order valence-electron chi connectivity index (χ0n) is 13.2. The molecule has 2 aliphatic rings. The van der Waals surface area contributed by atoms with Crippen LogP contribution in [0, 0.1) is 0 Å². The Balaban J connectivity index is 1.66. The second-order valence-electron chi connectivity index (χ2n) is 6.15. The number of amides is 2. The van der Waals surface area contributed by atoms with E-state index in [9.17, 15) is 14.4 Å². The number of imide groups is 1. The van der Waals surface area contributed by atoms with Crippen molar-refractivity contribution in [1.29, 1.82) is 0 Å². The van der Waals surface area contributed by atoms with Crippen molar-refractivity contribution in [3.05, 3.63) is 59.7 Å². The van der Waals surface area contributed by atoms with Crippen molar-refractivity contribution in [3.8, 4) is 11.1 Å². The SMILES string of the molecule is O=C(O)CC1SC(=O)N(CC2c3ccccc3-c3ccccc32)C1=O. The minimum Gasteiger partial charge on any atom is -0.481 e. The molecule has 6 heteroatoms. The van der Waals surface area contributed by atoms with Crippen molar-refractivity contribution in [2.45, 2.75) is 17.6 Å². The molecule has 2 amide bonds. The molecule has 2 aromatic carbocycles. The number of nitrogens with zero attached hydrogens (tertiary/aromatic N) is 1. The first-order valence-corrected chi connectivity index (χ1v) is 8.86. The lowest BCUT2D eigenvalue weighted by Gasteiger charge is -2.20. The maximum atomic E-state index is 12.5. The van der Waals surface area contributed by atoms with Gasteiger partial charge in [0.25, 0.3) is 5.24 Å². The summed E-state index contributed by atoms with van der Waals surface area (Å²) in [6.45, 7) is 0.245. The number of carbonyl (C=O) groups is 3. The number of carbonyl (C=O) groups excluding carboxylic acids is 2. The van der Waals surface area contributed by atoms with Gasteiger partial charge in [-0.2, -0.15) is 0 Å². The van der Waals surface area contributed by atoms with E-state index in [-0.39, 0.29) is 24.1 Å². The first-order valence-electron chi connectivity index (χ1n) is 7.98. The van der Waals surface area contributed by atoms with Gasteiger partial charge in [-0.3, -0.25) is 19.3 Å². The first kappa shape index (κ1) is 15.9. The fraction of sp³-hybridized carbons (Fsp3) is 0.211. The van der Waals surface area contributed by atoms with Crippen molar-refractivity contribution in [2.24, 2.45) is 0 Å². The van der Waals surface area contributed by atoms with E-state index in [0.29, 0.717) is 0 Å². The van der Waals surface area contributed by atoms with Crippen LogP contribution >= 0.6 is 11.8 Å². The van der Waals surface area contributed by atoms with Crippen LogP contribution < -0.4 is 0 Å². The summed E-state index contributed by atoms with van der Waals surface area (Å²) in [5, 5.41) is 7.73. The third-order valence-electron chi connectivity index (χ3n) is 4.69. The van der Waals surface area contributed by atoms with Gasteiger partial charge < -0.3 is 5.11 Å².